The molecular formula is C12H16N4OS. The molecule has 1 aromatic heterocycles. The van der Waals surface area contributed by atoms with E-state index in [1.165, 1.54) is 0 Å². The summed E-state index contributed by atoms with van der Waals surface area (Å²) in [4.78, 5) is 18.3. The summed E-state index contributed by atoms with van der Waals surface area (Å²) in [6.07, 6.45) is 0.887. The molecule has 18 heavy (non-hydrogen) atoms. The SMILES string of the molecule is Cc1ccc(C(N)=S)c(N2CCCNC(=O)C2)n1. The normalized spacial score (nSPS) is 16.1. The average Bonchev–Trinajstić information content (AvgIpc) is 2.53. The number of hydrogen-bond donors (Lipinski definition) is 2. The molecule has 0 aliphatic carbocycles. The van der Waals surface area contributed by atoms with E-state index in [-0.39, 0.29) is 5.91 Å². The van der Waals surface area contributed by atoms with Gasteiger partial charge < -0.3 is 16.0 Å². The van der Waals surface area contributed by atoms with Gasteiger partial charge in [0, 0.05) is 18.8 Å². The van der Waals surface area contributed by atoms with E-state index in [4.69, 9.17) is 18.0 Å². The Morgan fingerprint density at radius 3 is 3.06 bits per heavy atom. The van der Waals surface area contributed by atoms with Crippen LogP contribution in [0.15, 0.2) is 12.1 Å². The number of rotatable bonds is 2. The van der Waals surface area contributed by atoms with Crippen molar-refractivity contribution in [2.45, 2.75) is 13.3 Å². The lowest BCUT2D eigenvalue weighted by molar-refractivity contribution is -0.119. The molecule has 0 spiro atoms. The lowest BCUT2D eigenvalue weighted by Gasteiger charge is -2.23. The third-order valence-corrected chi connectivity index (χ3v) is 3.06. The molecule has 0 atom stereocenters. The van der Waals surface area contributed by atoms with Gasteiger partial charge in [-0.1, -0.05) is 12.2 Å². The Labute approximate surface area is 111 Å². The van der Waals surface area contributed by atoms with Crippen LogP contribution in [0.1, 0.15) is 17.7 Å². The molecule has 0 radical (unpaired) electrons. The Balaban J connectivity index is 2.38. The third kappa shape index (κ3) is 2.76. The molecule has 1 aromatic rings. The van der Waals surface area contributed by atoms with Crippen LogP contribution in [0.3, 0.4) is 0 Å². The highest BCUT2D eigenvalue weighted by molar-refractivity contribution is 7.80. The number of aryl methyl sites for hydroxylation is 1. The third-order valence-electron chi connectivity index (χ3n) is 2.84. The summed E-state index contributed by atoms with van der Waals surface area (Å²) in [5, 5.41) is 2.84. The standard InChI is InChI=1S/C12H16N4OS/c1-8-3-4-9(11(13)18)12(15-8)16-6-2-5-14-10(17)7-16/h3-4H,2,5-7H2,1H3,(H2,13,18)(H,14,17). The van der Waals surface area contributed by atoms with Crippen LogP contribution < -0.4 is 16.0 Å². The molecule has 0 saturated carbocycles. The van der Waals surface area contributed by atoms with Crippen LogP contribution in [0.4, 0.5) is 5.82 Å². The zero-order chi connectivity index (χ0) is 13.1. The maximum atomic E-state index is 11.6. The predicted molar refractivity (Wildman–Crippen MR) is 74.7 cm³/mol. The monoisotopic (exact) mass is 264 g/mol. The number of carbonyl (C=O) groups excluding carboxylic acids is 1. The minimum absolute atomic E-state index is 0.00435. The second-order valence-electron chi connectivity index (χ2n) is 4.31. The fourth-order valence-electron chi connectivity index (χ4n) is 1.96. The van der Waals surface area contributed by atoms with Crippen molar-refractivity contribution < 1.29 is 4.79 Å². The van der Waals surface area contributed by atoms with E-state index in [1.54, 1.807) is 0 Å². The van der Waals surface area contributed by atoms with Gasteiger partial charge in [0.2, 0.25) is 5.91 Å². The van der Waals surface area contributed by atoms with Gasteiger partial charge in [-0.05, 0) is 25.5 Å². The van der Waals surface area contributed by atoms with Crippen molar-refractivity contribution >= 4 is 28.9 Å². The van der Waals surface area contributed by atoms with Crippen molar-refractivity contribution in [1.82, 2.24) is 10.3 Å². The van der Waals surface area contributed by atoms with E-state index < -0.39 is 0 Å². The van der Waals surface area contributed by atoms with Crippen molar-refractivity contribution in [2.75, 3.05) is 24.5 Å². The van der Waals surface area contributed by atoms with Crippen LogP contribution >= 0.6 is 12.2 Å². The lowest BCUT2D eigenvalue weighted by Crippen LogP contribution is -2.35. The summed E-state index contributed by atoms with van der Waals surface area (Å²) in [7, 11) is 0. The first kappa shape index (κ1) is 12.8. The Morgan fingerprint density at radius 1 is 1.56 bits per heavy atom. The molecule has 1 amide bonds. The molecule has 6 heteroatoms. The van der Waals surface area contributed by atoms with E-state index >= 15 is 0 Å². The number of thiocarbonyl (C=S) groups is 1. The predicted octanol–water partition coefficient (Wildman–Crippen LogP) is 0.351. The van der Waals surface area contributed by atoms with Gasteiger partial charge in [-0.2, -0.15) is 0 Å². The number of nitrogens with two attached hydrogens (primary N) is 1. The van der Waals surface area contributed by atoms with Crippen LogP contribution in [-0.2, 0) is 4.79 Å². The highest BCUT2D eigenvalue weighted by Crippen LogP contribution is 2.19. The zero-order valence-corrected chi connectivity index (χ0v) is 11.1. The molecule has 1 fully saturated rings. The van der Waals surface area contributed by atoms with Gasteiger partial charge >= 0.3 is 0 Å². The van der Waals surface area contributed by atoms with Gasteiger partial charge in [0.15, 0.2) is 0 Å². The van der Waals surface area contributed by atoms with E-state index in [2.05, 4.69) is 10.3 Å². The van der Waals surface area contributed by atoms with Crippen LogP contribution in [0, 0.1) is 6.92 Å². The summed E-state index contributed by atoms with van der Waals surface area (Å²) in [6, 6.07) is 3.73. The van der Waals surface area contributed by atoms with Gasteiger partial charge in [0.05, 0.1) is 12.1 Å². The Morgan fingerprint density at radius 2 is 2.33 bits per heavy atom. The Hall–Kier alpha value is -1.69. The maximum Gasteiger partial charge on any atom is 0.239 e. The van der Waals surface area contributed by atoms with E-state index in [9.17, 15) is 4.79 Å². The quantitative estimate of drug-likeness (QED) is 0.754. The summed E-state index contributed by atoms with van der Waals surface area (Å²) in [5.74, 6) is 0.712. The highest BCUT2D eigenvalue weighted by Gasteiger charge is 2.19. The van der Waals surface area contributed by atoms with Crippen LogP contribution in [0.5, 0.6) is 0 Å². The molecule has 0 aromatic carbocycles. The lowest BCUT2D eigenvalue weighted by atomic mass is 10.2. The maximum absolute atomic E-state index is 11.6. The fraction of sp³-hybridized carbons (Fsp3) is 0.417. The number of carbonyl (C=O) groups is 1. The summed E-state index contributed by atoms with van der Waals surface area (Å²) < 4.78 is 0. The molecule has 96 valence electrons. The number of amides is 1. The first-order valence-corrected chi connectivity index (χ1v) is 6.28. The van der Waals surface area contributed by atoms with Crippen LogP contribution in [-0.4, -0.2) is 35.5 Å². The van der Waals surface area contributed by atoms with Crippen LogP contribution in [0.25, 0.3) is 0 Å². The fourth-order valence-corrected chi connectivity index (χ4v) is 2.12. The molecule has 1 aliphatic heterocycles. The van der Waals surface area contributed by atoms with E-state index in [0.717, 1.165) is 24.2 Å². The molecule has 1 aliphatic rings. The molecule has 2 rings (SSSR count). The van der Waals surface area contributed by atoms with Gasteiger partial charge in [0.25, 0.3) is 0 Å². The van der Waals surface area contributed by atoms with Crippen molar-refractivity contribution in [2.24, 2.45) is 5.73 Å². The average molecular weight is 264 g/mol. The number of aromatic nitrogens is 1. The van der Waals surface area contributed by atoms with Gasteiger partial charge in [0.1, 0.15) is 10.8 Å². The molecule has 3 N–H and O–H groups in total. The first-order chi connectivity index (χ1) is 8.58. The summed E-state index contributed by atoms with van der Waals surface area (Å²) >= 11 is 5.04. The van der Waals surface area contributed by atoms with Crippen molar-refractivity contribution in [1.29, 1.82) is 0 Å². The number of pyridine rings is 1. The Bertz CT molecular complexity index is 489. The number of hydrogen-bond acceptors (Lipinski definition) is 4. The minimum Gasteiger partial charge on any atom is -0.389 e. The summed E-state index contributed by atoms with van der Waals surface area (Å²) in [5.41, 5.74) is 7.32. The number of nitrogens with zero attached hydrogens (tertiary/aromatic N) is 2. The highest BCUT2D eigenvalue weighted by atomic mass is 32.1. The van der Waals surface area contributed by atoms with Crippen molar-refractivity contribution in [3.05, 3.63) is 23.4 Å². The van der Waals surface area contributed by atoms with Gasteiger partial charge in [-0.15, -0.1) is 0 Å². The topological polar surface area (TPSA) is 71.2 Å². The van der Waals surface area contributed by atoms with Crippen molar-refractivity contribution in [3.8, 4) is 0 Å². The summed E-state index contributed by atoms with van der Waals surface area (Å²) in [6.45, 7) is 3.67. The molecule has 5 nitrogen and oxygen atoms in total. The second-order valence-corrected chi connectivity index (χ2v) is 4.75. The zero-order valence-electron chi connectivity index (χ0n) is 10.3. The molecular weight excluding hydrogens is 248 g/mol. The molecule has 1 saturated heterocycles. The Kier molecular flexibility index (Phi) is 3.76. The molecule has 0 bridgehead atoms. The van der Waals surface area contributed by atoms with Gasteiger partial charge in [-0.3, -0.25) is 4.79 Å². The smallest absolute Gasteiger partial charge is 0.239 e. The van der Waals surface area contributed by atoms with E-state index in [0.29, 0.717) is 23.9 Å². The first-order valence-electron chi connectivity index (χ1n) is 5.87. The second kappa shape index (κ2) is 5.30. The van der Waals surface area contributed by atoms with Crippen LogP contribution in [0.2, 0.25) is 0 Å². The number of anilines is 1. The largest absolute Gasteiger partial charge is 0.389 e. The van der Waals surface area contributed by atoms with Gasteiger partial charge in [-0.25, -0.2) is 4.98 Å². The number of nitrogens with one attached hydrogen (secondary N) is 1. The molecule has 0 unspecified atom stereocenters. The van der Waals surface area contributed by atoms with E-state index in [1.807, 2.05) is 24.0 Å². The van der Waals surface area contributed by atoms with Crippen molar-refractivity contribution in [3.63, 3.8) is 0 Å². The minimum atomic E-state index is 0.00435. The molecule has 2 heterocycles.